The normalized spacial score (nSPS) is 17.3. The molecular weight excluding hydrogens is 348 g/mol. The number of rotatable bonds is 4. The van der Waals surface area contributed by atoms with Crippen molar-refractivity contribution in [2.24, 2.45) is 5.92 Å². The molecule has 0 spiro atoms. The largest absolute Gasteiger partial charge is 0.466 e. The molecule has 1 unspecified atom stereocenters. The second-order valence-corrected chi connectivity index (χ2v) is 6.85. The van der Waals surface area contributed by atoms with Crippen LogP contribution in [0.1, 0.15) is 35.0 Å². The van der Waals surface area contributed by atoms with E-state index in [1.807, 2.05) is 17.2 Å². The summed E-state index contributed by atoms with van der Waals surface area (Å²) < 4.78 is 9.92. The van der Waals surface area contributed by atoms with Crippen molar-refractivity contribution in [3.63, 3.8) is 0 Å². The number of aryl methyl sites for hydroxylation is 1. The second kappa shape index (κ2) is 8.43. The van der Waals surface area contributed by atoms with Crippen LogP contribution >= 0.6 is 23.6 Å². The molecular formula is C16H22N2O4S2. The molecule has 0 amide bonds. The van der Waals surface area contributed by atoms with Crippen LogP contribution in [0.15, 0.2) is 5.38 Å². The molecule has 6 nitrogen and oxygen atoms in total. The zero-order valence-corrected chi connectivity index (χ0v) is 15.7. The highest BCUT2D eigenvalue weighted by Gasteiger charge is 2.29. The summed E-state index contributed by atoms with van der Waals surface area (Å²) in [6, 6.07) is 0. The summed E-state index contributed by atoms with van der Waals surface area (Å²) in [6.07, 6.45) is 1.68. The van der Waals surface area contributed by atoms with Gasteiger partial charge >= 0.3 is 11.9 Å². The number of hydrogen-bond donors (Lipinski definition) is 1. The lowest BCUT2D eigenvalue weighted by Crippen LogP contribution is -2.44. The van der Waals surface area contributed by atoms with E-state index < -0.39 is 0 Å². The molecule has 0 radical (unpaired) electrons. The van der Waals surface area contributed by atoms with Crippen molar-refractivity contribution in [1.29, 1.82) is 0 Å². The molecule has 132 valence electrons. The van der Waals surface area contributed by atoms with Gasteiger partial charge < -0.3 is 19.7 Å². The Morgan fingerprint density at radius 1 is 1.50 bits per heavy atom. The standard InChI is InChI=1S/C16H22N2O4S2/c1-4-22-14(19)11-6-5-7-18(8-11)16(23)17-12-10(2)9-24-13(12)15(20)21-3/h9,11H,4-8H2,1-3H3,(H,17,23). The molecule has 0 aromatic carbocycles. The summed E-state index contributed by atoms with van der Waals surface area (Å²) in [7, 11) is 1.36. The number of piperidine rings is 1. The Morgan fingerprint density at radius 3 is 2.92 bits per heavy atom. The Bertz CT molecular complexity index is 630. The number of hydrogen-bond acceptors (Lipinski definition) is 6. The molecule has 1 N–H and O–H groups in total. The van der Waals surface area contributed by atoms with Crippen LogP contribution in [-0.2, 0) is 14.3 Å². The van der Waals surface area contributed by atoms with E-state index in [1.165, 1.54) is 18.4 Å². The minimum absolute atomic E-state index is 0.165. The highest BCUT2D eigenvalue weighted by atomic mass is 32.1. The summed E-state index contributed by atoms with van der Waals surface area (Å²) in [5.41, 5.74) is 1.61. The number of methoxy groups -OCH3 is 1. The lowest BCUT2D eigenvalue weighted by molar-refractivity contribution is -0.149. The third-order valence-corrected chi connectivity index (χ3v) is 5.34. The molecule has 1 aromatic heterocycles. The van der Waals surface area contributed by atoms with E-state index in [-0.39, 0.29) is 17.9 Å². The van der Waals surface area contributed by atoms with Gasteiger partial charge in [-0.3, -0.25) is 4.79 Å². The summed E-state index contributed by atoms with van der Waals surface area (Å²) in [4.78, 5) is 26.2. The number of carbonyl (C=O) groups is 2. The summed E-state index contributed by atoms with van der Waals surface area (Å²) in [6.45, 7) is 5.40. The number of esters is 2. The number of nitrogens with one attached hydrogen (secondary N) is 1. The fraction of sp³-hybridized carbons (Fsp3) is 0.562. The SMILES string of the molecule is CCOC(=O)C1CCCN(C(=S)Nc2c(C)csc2C(=O)OC)C1. The molecule has 8 heteroatoms. The van der Waals surface area contributed by atoms with Crippen molar-refractivity contribution in [1.82, 2.24) is 4.90 Å². The quantitative estimate of drug-likeness (QED) is 0.646. The molecule has 1 aliphatic heterocycles. The van der Waals surface area contributed by atoms with Crippen molar-refractivity contribution in [2.45, 2.75) is 26.7 Å². The van der Waals surface area contributed by atoms with E-state index in [0.29, 0.717) is 28.8 Å². The molecule has 1 saturated heterocycles. The maximum absolute atomic E-state index is 11.9. The first-order valence-corrected chi connectivity index (χ1v) is 9.15. The molecule has 1 aromatic rings. The molecule has 0 aliphatic carbocycles. The van der Waals surface area contributed by atoms with Crippen LogP contribution in [0.25, 0.3) is 0 Å². The lowest BCUT2D eigenvalue weighted by atomic mass is 9.98. The summed E-state index contributed by atoms with van der Waals surface area (Å²) in [5, 5.41) is 5.54. The van der Waals surface area contributed by atoms with Crippen molar-refractivity contribution < 1.29 is 19.1 Å². The summed E-state index contributed by atoms with van der Waals surface area (Å²) in [5.74, 6) is -0.726. The zero-order chi connectivity index (χ0) is 17.7. The van der Waals surface area contributed by atoms with Crippen LogP contribution in [0.4, 0.5) is 5.69 Å². The predicted octanol–water partition coefficient (Wildman–Crippen LogP) is 2.82. The van der Waals surface area contributed by atoms with Gasteiger partial charge in [0, 0.05) is 13.1 Å². The summed E-state index contributed by atoms with van der Waals surface area (Å²) >= 11 is 6.80. The van der Waals surface area contributed by atoms with Gasteiger partial charge in [-0.15, -0.1) is 11.3 Å². The predicted molar refractivity (Wildman–Crippen MR) is 97.5 cm³/mol. The molecule has 1 atom stereocenters. The minimum atomic E-state index is -0.388. The smallest absolute Gasteiger partial charge is 0.350 e. The maximum Gasteiger partial charge on any atom is 0.350 e. The molecule has 2 rings (SSSR count). The Labute approximate surface area is 151 Å². The monoisotopic (exact) mass is 370 g/mol. The Kier molecular flexibility index (Phi) is 6.56. The molecule has 1 fully saturated rings. The third-order valence-electron chi connectivity index (χ3n) is 3.91. The first kappa shape index (κ1) is 18.7. The number of carbonyl (C=O) groups excluding carboxylic acids is 2. The number of nitrogens with zero attached hydrogens (tertiary/aromatic N) is 1. The Hall–Kier alpha value is -1.67. The van der Waals surface area contributed by atoms with Gasteiger partial charge in [-0.2, -0.15) is 0 Å². The third kappa shape index (κ3) is 4.24. The van der Waals surface area contributed by atoms with Crippen LogP contribution < -0.4 is 5.32 Å². The molecule has 2 heterocycles. The van der Waals surface area contributed by atoms with Gasteiger partial charge in [0.1, 0.15) is 4.88 Å². The molecule has 0 bridgehead atoms. The van der Waals surface area contributed by atoms with E-state index in [1.54, 1.807) is 6.92 Å². The van der Waals surface area contributed by atoms with Crippen molar-refractivity contribution in [3.8, 4) is 0 Å². The highest BCUT2D eigenvalue weighted by Crippen LogP contribution is 2.29. The second-order valence-electron chi connectivity index (χ2n) is 5.58. The van der Waals surface area contributed by atoms with Gasteiger partial charge in [0.2, 0.25) is 0 Å². The molecule has 24 heavy (non-hydrogen) atoms. The average molecular weight is 370 g/mol. The van der Waals surface area contributed by atoms with E-state index in [4.69, 9.17) is 21.7 Å². The molecule has 1 aliphatic rings. The number of thiocarbonyl (C=S) groups is 1. The fourth-order valence-corrected chi connectivity index (χ4v) is 3.83. The van der Waals surface area contributed by atoms with Gasteiger partial charge in [-0.25, -0.2) is 4.79 Å². The maximum atomic E-state index is 11.9. The number of ether oxygens (including phenoxy) is 2. The van der Waals surface area contributed by atoms with E-state index in [2.05, 4.69) is 5.32 Å². The minimum Gasteiger partial charge on any atom is -0.466 e. The van der Waals surface area contributed by atoms with Gasteiger partial charge in [0.05, 0.1) is 25.3 Å². The Balaban J connectivity index is 2.06. The topological polar surface area (TPSA) is 67.9 Å². The van der Waals surface area contributed by atoms with Crippen LogP contribution in [0.2, 0.25) is 0 Å². The van der Waals surface area contributed by atoms with Crippen LogP contribution in [0.3, 0.4) is 0 Å². The number of anilines is 1. The van der Waals surface area contributed by atoms with Gasteiger partial charge in [0.25, 0.3) is 0 Å². The van der Waals surface area contributed by atoms with Crippen molar-refractivity contribution >= 4 is 46.3 Å². The van der Waals surface area contributed by atoms with E-state index in [9.17, 15) is 9.59 Å². The fourth-order valence-electron chi connectivity index (χ4n) is 2.64. The first-order valence-electron chi connectivity index (χ1n) is 7.86. The van der Waals surface area contributed by atoms with Crippen molar-refractivity contribution in [2.75, 3.05) is 32.1 Å². The van der Waals surface area contributed by atoms with Crippen LogP contribution in [-0.4, -0.2) is 48.8 Å². The number of likely N-dealkylation sites (tertiary alicyclic amines) is 1. The zero-order valence-electron chi connectivity index (χ0n) is 14.1. The molecule has 0 saturated carbocycles. The lowest BCUT2D eigenvalue weighted by Gasteiger charge is -2.33. The van der Waals surface area contributed by atoms with Crippen LogP contribution in [0.5, 0.6) is 0 Å². The van der Waals surface area contributed by atoms with Crippen LogP contribution in [0, 0.1) is 12.8 Å². The highest BCUT2D eigenvalue weighted by molar-refractivity contribution is 7.80. The van der Waals surface area contributed by atoms with E-state index in [0.717, 1.165) is 24.9 Å². The van der Waals surface area contributed by atoms with E-state index >= 15 is 0 Å². The first-order chi connectivity index (χ1) is 11.5. The average Bonchev–Trinajstić information content (AvgIpc) is 2.95. The van der Waals surface area contributed by atoms with Crippen molar-refractivity contribution in [3.05, 3.63) is 15.8 Å². The van der Waals surface area contributed by atoms with Gasteiger partial charge in [-0.05, 0) is 49.9 Å². The Morgan fingerprint density at radius 2 is 2.25 bits per heavy atom. The van der Waals surface area contributed by atoms with Gasteiger partial charge in [-0.1, -0.05) is 0 Å². The number of thiophene rings is 1. The van der Waals surface area contributed by atoms with Gasteiger partial charge in [0.15, 0.2) is 5.11 Å².